The summed E-state index contributed by atoms with van der Waals surface area (Å²) in [6.07, 6.45) is -21.8. The Bertz CT molecular complexity index is 1300. The molecule has 0 saturated carbocycles. The van der Waals surface area contributed by atoms with E-state index in [0.717, 1.165) is 35.2 Å². The maximum absolute atomic E-state index is 14.5. The van der Waals surface area contributed by atoms with Crippen molar-refractivity contribution in [3.63, 3.8) is 0 Å². The van der Waals surface area contributed by atoms with E-state index in [4.69, 9.17) is 4.74 Å². The van der Waals surface area contributed by atoms with E-state index in [1.54, 1.807) is 0 Å². The molecule has 40 heavy (non-hydrogen) atoms. The highest BCUT2D eigenvalue weighted by atomic mass is 19.4. The Morgan fingerprint density at radius 1 is 0.775 bits per heavy atom. The molecule has 3 aromatic rings. The molecular formula is C25H18F11NO3. The van der Waals surface area contributed by atoms with Crippen molar-refractivity contribution in [1.82, 2.24) is 0 Å². The molecule has 0 heterocycles. The summed E-state index contributed by atoms with van der Waals surface area (Å²) >= 11 is 0. The fraction of sp³-hybridized carbons (Fsp3) is 0.280. The van der Waals surface area contributed by atoms with Crippen LogP contribution in [0.25, 0.3) is 0 Å². The van der Waals surface area contributed by atoms with Crippen molar-refractivity contribution in [2.24, 2.45) is 0 Å². The van der Waals surface area contributed by atoms with Gasteiger partial charge in [-0.3, -0.25) is 0 Å². The van der Waals surface area contributed by atoms with Crippen LogP contribution in [0.5, 0.6) is 17.2 Å². The van der Waals surface area contributed by atoms with E-state index >= 15 is 0 Å². The van der Waals surface area contributed by atoms with Crippen LogP contribution in [0.15, 0.2) is 66.7 Å². The Kier molecular flexibility index (Phi) is 9.07. The maximum atomic E-state index is 14.5. The molecule has 3 rings (SSSR count). The van der Waals surface area contributed by atoms with Gasteiger partial charge < -0.3 is 19.5 Å². The summed E-state index contributed by atoms with van der Waals surface area (Å²) in [6.45, 7) is -1.86. The summed E-state index contributed by atoms with van der Waals surface area (Å²) in [4.78, 5) is 0.833. The Hall–Kier alpha value is -3.75. The smallest absolute Gasteiger partial charge is 0.457 e. The highest BCUT2D eigenvalue weighted by molar-refractivity contribution is 5.52. The highest BCUT2D eigenvalue weighted by Gasteiger charge is 2.44. The van der Waals surface area contributed by atoms with Gasteiger partial charge in [0, 0.05) is 29.9 Å². The number of aliphatic hydroxyl groups is 1. The largest absolute Gasteiger partial charge is 0.461 e. The van der Waals surface area contributed by atoms with Crippen molar-refractivity contribution in [1.29, 1.82) is 0 Å². The van der Waals surface area contributed by atoms with Gasteiger partial charge in [0.25, 0.3) is 0 Å². The number of benzene rings is 3. The standard InChI is InChI=1S/C25H18F11NO3/c26-20-9-15(23(29,30)31)8-7-14(20)12-37(13-21(38)24(32,33)34)16-3-1-4-17(10-16)39-18-5-2-6-19(11-18)40-25(35,36)22(27)28/h1-11,21-22,38H,12-13H2. The van der Waals surface area contributed by atoms with E-state index in [-0.39, 0.29) is 23.3 Å². The number of nitrogens with zero attached hydrogens (tertiary/aromatic N) is 1. The molecule has 0 saturated heterocycles. The van der Waals surface area contributed by atoms with E-state index in [1.165, 1.54) is 24.3 Å². The van der Waals surface area contributed by atoms with Crippen molar-refractivity contribution in [3.05, 3.63) is 83.7 Å². The van der Waals surface area contributed by atoms with Crippen molar-refractivity contribution >= 4 is 5.69 Å². The van der Waals surface area contributed by atoms with Crippen LogP contribution in [-0.4, -0.2) is 36.5 Å². The average Bonchev–Trinajstić information content (AvgIpc) is 2.83. The third kappa shape index (κ3) is 8.13. The Labute approximate surface area is 219 Å². The molecule has 0 spiro atoms. The lowest BCUT2D eigenvalue weighted by Gasteiger charge is -2.29. The Morgan fingerprint density at radius 3 is 1.95 bits per heavy atom. The number of hydrogen-bond donors (Lipinski definition) is 1. The zero-order valence-electron chi connectivity index (χ0n) is 19.8. The number of rotatable bonds is 10. The number of anilines is 1. The molecule has 0 aromatic heterocycles. The van der Waals surface area contributed by atoms with Crippen LogP contribution in [0, 0.1) is 5.82 Å². The van der Waals surface area contributed by atoms with Crippen molar-refractivity contribution < 1.29 is 62.9 Å². The predicted octanol–water partition coefficient (Wildman–Crippen LogP) is 7.80. The first-order valence-corrected chi connectivity index (χ1v) is 11.0. The second-order valence-electron chi connectivity index (χ2n) is 8.28. The summed E-state index contributed by atoms with van der Waals surface area (Å²) in [5.74, 6) is -2.36. The summed E-state index contributed by atoms with van der Waals surface area (Å²) < 4.78 is 153. The van der Waals surface area contributed by atoms with Gasteiger partial charge in [0.2, 0.25) is 0 Å². The van der Waals surface area contributed by atoms with E-state index < -0.39 is 66.8 Å². The van der Waals surface area contributed by atoms with Gasteiger partial charge in [-0.1, -0.05) is 18.2 Å². The summed E-state index contributed by atoms with van der Waals surface area (Å²) in [5, 5.41) is 9.61. The monoisotopic (exact) mass is 589 g/mol. The topological polar surface area (TPSA) is 41.9 Å². The third-order valence-corrected chi connectivity index (χ3v) is 5.24. The number of alkyl halides is 10. The van der Waals surface area contributed by atoms with E-state index in [2.05, 4.69) is 4.74 Å². The third-order valence-electron chi connectivity index (χ3n) is 5.24. The molecular weight excluding hydrogens is 571 g/mol. The van der Waals surface area contributed by atoms with Gasteiger partial charge in [0.15, 0.2) is 6.10 Å². The van der Waals surface area contributed by atoms with Gasteiger partial charge in [-0.25, -0.2) is 4.39 Å². The lowest BCUT2D eigenvalue weighted by Crippen LogP contribution is -2.41. The Balaban J connectivity index is 1.89. The number of halogens is 11. The van der Waals surface area contributed by atoms with Crippen molar-refractivity contribution in [2.75, 3.05) is 11.4 Å². The summed E-state index contributed by atoms with van der Waals surface area (Å²) in [5.41, 5.74) is -1.83. The summed E-state index contributed by atoms with van der Waals surface area (Å²) in [7, 11) is 0. The Morgan fingerprint density at radius 2 is 1.38 bits per heavy atom. The molecule has 0 fully saturated rings. The van der Waals surface area contributed by atoms with E-state index in [1.807, 2.05) is 0 Å². The molecule has 0 bridgehead atoms. The van der Waals surface area contributed by atoms with Crippen LogP contribution in [0.1, 0.15) is 11.1 Å². The second kappa shape index (κ2) is 11.8. The minimum absolute atomic E-state index is 0.100. The first-order chi connectivity index (χ1) is 18.5. The average molecular weight is 589 g/mol. The van der Waals surface area contributed by atoms with Crippen LogP contribution in [0.3, 0.4) is 0 Å². The highest BCUT2D eigenvalue weighted by Crippen LogP contribution is 2.34. The fourth-order valence-corrected chi connectivity index (χ4v) is 3.31. The van der Waals surface area contributed by atoms with Gasteiger partial charge in [-0.05, 0) is 36.4 Å². The van der Waals surface area contributed by atoms with Gasteiger partial charge in [0.1, 0.15) is 23.1 Å². The fourth-order valence-electron chi connectivity index (χ4n) is 3.31. The minimum atomic E-state index is -5.09. The molecule has 0 aliphatic carbocycles. The van der Waals surface area contributed by atoms with Gasteiger partial charge >= 0.3 is 24.9 Å². The number of ether oxygens (including phenoxy) is 2. The lowest BCUT2D eigenvalue weighted by molar-refractivity contribution is -0.253. The molecule has 1 N–H and O–H groups in total. The first-order valence-electron chi connectivity index (χ1n) is 11.0. The molecule has 0 amide bonds. The molecule has 1 unspecified atom stereocenters. The van der Waals surface area contributed by atoms with Crippen LogP contribution in [-0.2, 0) is 12.7 Å². The van der Waals surface area contributed by atoms with Crippen LogP contribution < -0.4 is 14.4 Å². The second-order valence-corrected chi connectivity index (χ2v) is 8.28. The first kappa shape index (κ1) is 30.8. The van der Waals surface area contributed by atoms with Crippen molar-refractivity contribution in [3.8, 4) is 17.2 Å². The number of aliphatic hydroxyl groups excluding tert-OH is 1. The van der Waals surface area contributed by atoms with Crippen LogP contribution >= 0.6 is 0 Å². The SMILES string of the molecule is OC(CN(Cc1ccc(C(F)(F)F)cc1F)c1cccc(Oc2cccc(OC(F)(F)C(F)F)c2)c1)C(F)(F)F. The van der Waals surface area contributed by atoms with Crippen LogP contribution in [0.4, 0.5) is 54.0 Å². The normalized spacial score (nSPS) is 13.3. The quantitative estimate of drug-likeness (QED) is 0.245. The molecule has 0 aliphatic rings. The predicted molar refractivity (Wildman–Crippen MR) is 119 cm³/mol. The lowest BCUT2D eigenvalue weighted by atomic mass is 10.1. The number of hydrogen-bond acceptors (Lipinski definition) is 4. The molecule has 0 aliphatic heterocycles. The summed E-state index contributed by atoms with van der Waals surface area (Å²) in [6, 6.07) is 10.5. The molecule has 1 atom stereocenters. The molecule has 15 heteroatoms. The molecule has 0 radical (unpaired) electrons. The van der Waals surface area contributed by atoms with Crippen LogP contribution in [0.2, 0.25) is 0 Å². The zero-order valence-corrected chi connectivity index (χ0v) is 19.8. The maximum Gasteiger partial charge on any atom is 0.461 e. The zero-order chi connectivity index (χ0) is 29.9. The molecule has 4 nitrogen and oxygen atoms in total. The van der Waals surface area contributed by atoms with Gasteiger partial charge in [0.05, 0.1) is 12.1 Å². The minimum Gasteiger partial charge on any atom is -0.457 e. The molecule has 218 valence electrons. The molecule has 3 aromatic carbocycles. The van der Waals surface area contributed by atoms with Gasteiger partial charge in [-0.2, -0.15) is 43.9 Å². The van der Waals surface area contributed by atoms with Gasteiger partial charge in [-0.15, -0.1) is 0 Å². The van der Waals surface area contributed by atoms with Crippen molar-refractivity contribution in [2.45, 2.75) is 37.5 Å². The van der Waals surface area contributed by atoms with E-state index in [0.29, 0.717) is 6.07 Å². The van der Waals surface area contributed by atoms with E-state index in [9.17, 15) is 53.4 Å².